The van der Waals surface area contributed by atoms with Gasteiger partial charge >= 0.3 is 0 Å². The molecule has 0 bridgehead atoms. The van der Waals surface area contributed by atoms with Crippen LogP contribution in [0.1, 0.15) is 29.6 Å². The Bertz CT molecular complexity index is 535. The van der Waals surface area contributed by atoms with E-state index in [0.29, 0.717) is 28.2 Å². The van der Waals surface area contributed by atoms with Crippen molar-refractivity contribution < 1.29 is 4.79 Å². The Morgan fingerprint density at radius 3 is 2.90 bits per heavy atom. The van der Waals surface area contributed by atoms with Crippen LogP contribution in [0.3, 0.4) is 0 Å². The second kappa shape index (κ2) is 6.66. The predicted octanol–water partition coefficient (Wildman–Crippen LogP) is 3.35. The van der Waals surface area contributed by atoms with E-state index in [2.05, 4.69) is 9.80 Å². The molecule has 0 spiro atoms. The molecule has 21 heavy (non-hydrogen) atoms. The van der Waals surface area contributed by atoms with E-state index in [9.17, 15) is 4.79 Å². The van der Waals surface area contributed by atoms with Gasteiger partial charge < -0.3 is 0 Å². The lowest BCUT2D eigenvalue weighted by molar-refractivity contribution is 0.0469. The maximum Gasteiger partial charge on any atom is 0.178 e. The van der Waals surface area contributed by atoms with Gasteiger partial charge in [-0.25, -0.2) is 0 Å². The lowest BCUT2D eigenvalue weighted by Gasteiger charge is -2.43. The van der Waals surface area contributed by atoms with Gasteiger partial charge in [-0.3, -0.25) is 14.6 Å². The third-order valence-corrected chi connectivity index (χ3v) is 5.08. The van der Waals surface area contributed by atoms with Gasteiger partial charge in [-0.2, -0.15) is 0 Å². The average molecular weight is 327 g/mol. The Hall–Kier alpha value is -0.610. The van der Waals surface area contributed by atoms with Gasteiger partial charge in [0, 0.05) is 36.3 Å². The number of nitrogens with zero attached hydrogens (tertiary/aromatic N) is 2. The van der Waals surface area contributed by atoms with Crippen LogP contribution < -0.4 is 0 Å². The fraction of sp³-hybridized carbons (Fsp3) is 0.562. The maximum absolute atomic E-state index is 12.4. The van der Waals surface area contributed by atoms with Crippen LogP contribution in [0.25, 0.3) is 0 Å². The molecule has 0 aromatic heterocycles. The van der Waals surface area contributed by atoms with Crippen molar-refractivity contribution >= 4 is 29.0 Å². The summed E-state index contributed by atoms with van der Waals surface area (Å²) < 4.78 is 0. The summed E-state index contributed by atoms with van der Waals surface area (Å²) in [7, 11) is 0. The molecular weight excluding hydrogens is 307 g/mol. The van der Waals surface area contributed by atoms with Gasteiger partial charge in [0.1, 0.15) is 0 Å². The van der Waals surface area contributed by atoms with Gasteiger partial charge in [-0.1, -0.05) is 29.6 Å². The predicted molar refractivity (Wildman–Crippen MR) is 86.4 cm³/mol. The summed E-state index contributed by atoms with van der Waals surface area (Å²) in [6, 6.07) is 5.69. The molecule has 0 aliphatic carbocycles. The molecule has 0 saturated carbocycles. The van der Waals surface area contributed by atoms with E-state index in [1.165, 1.54) is 25.8 Å². The Labute approximate surface area is 135 Å². The van der Waals surface area contributed by atoms with Crippen LogP contribution in [0.5, 0.6) is 0 Å². The number of fused-ring (bicyclic) bond motifs is 1. The van der Waals surface area contributed by atoms with Crippen molar-refractivity contribution in [2.75, 3.05) is 32.7 Å². The van der Waals surface area contributed by atoms with E-state index < -0.39 is 0 Å². The highest BCUT2D eigenvalue weighted by atomic mass is 35.5. The number of benzene rings is 1. The quantitative estimate of drug-likeness (QED) is 0.796. The standard InChI is InChI=1S/C16H20Cl2N2O/c17-12-4-5-15(18)14(9-12)16(21)11-19-7-8-20-6-2-1-3-13(20)10-19/h4-5,9,13H,1-3,6-8,10-11H2. The van der Waals surface area contributed by atoms with Gasteiger partial charge in [-0.15, -0.1) is 0 Å². The van der Waals surface area contributed by atoms with Crippen LogP contribution in [0.4, 0.5) is 0 Å². The summed E-state index contributed by atoms with van der Waals surface area (Å²) in [5.41, 5.74) is 0.537. The largest absolute Gasteiger partial charge is 0.298 e. The fourth-order valence-corrected chi connectivity index (χ4v) is 3.76. The summed E-state index contributed by atoms with van der Waals surface area (Å²) in [5.74, 6) is 0.0618. The summed E-state index contributed by atoms with van der Waals surface area (Å²) in [6.07, 6.45) is 3.87. The molecule has 2 aliphatic heterocycles. The first-order valence-corrected chi connectivity index (χ1v) is 8.34. The third-order valence-electron chi connectivity index (χ3n) is 4.52. The number of halogens is 2. The van der Waals surface area contributed by atoms with Crippen LogP contribution in [-0.2, 0) is 0 Å². The van der Waals surface area contributed by atoms with Gasteiger partial charge in [0.15, 0.2) is 5.78 Å². The Kier molecular flexibility index (Phi) is 4.85. The Balaban J connectivity index is 1.63. The third kappa shape index (κ3) is 3.59. The van der Waals surface area contributed by atoms with E-state index >= 15 is 0 Å². The van der Waals surface area contributed by atoms with Crippen molar-refractivity contribution in [3.8, 4) is 0 Å². The molecule has 2 aliphatic rings. The molecule has 2 heterocycles. The van der Waals surface area contributed by atoms with E-state index in [0.717, 1.165) is 19.6 Å². The topological polar surface area (TPSA) is 23.6 Å². The summed E-state index contributed by atoms with van der Waals surface area (Å²) in [5, 5.41) is 1.04. The molecule has 0 N–H and O–H groups in total. The number of piperazine rings is 1. The van der Waals surface area contributed by atoms with Gasteiger partial charge in [0.2, 0.25) is 0 Å². The van der Waals surface area contributed by atoms with Crippen LogP contribution in [0.2, 0.25) is 10.0 Å². The highest BCUT2D eigenvalue weighted by Gasteiger charge is 2.29. The molecule has 1 unspecified atom stereocenters. The van der Waals surface area contributed by atoms with Crippen molar-refractivity contribution in [1.29, 1.82) is 0 Å². The summed E-state index contributed by atoms with van der Waals surface area (Å²) >= 11 is 12.1. The minimum atomic E-state index is 0.0618. The average Bonchev–Trinajstić information content (AvgIpc) is 2.49. The summed E-state index contributed by atoms with van der Waals surface area (Å²) in [4.78, 5) is 17.3. The number of Topliss-reactive ketones (excluding diaryl/α,β-unsaturated/α-hetero) is 1. The minimum absolute atomic E-state index is 0.0618. The van der Waals surface area contributed by atoms with Crippen molar-refractivity contribution in [3.05, 3.63) is 33.8 Å². The number of carbonyl (C=O) groups is 1. The number of piperidine rings is 1. The van der Waals surface area contributed by atoms with Crippen LogP contribution >= 0.6 is 23.2 Å². The lowest BCUT2D eigenvalue weighted by Crippen LogP contribution is -2.55. The molecule has 3 rings (SSSR count). The molecule has 5 heteroatoms. The molecule has 1 aromatic carbocycles. The van der Waals surface area contributed by atoms with Crippen molar-refractivity contribution in [3.63, 3.8) is 0 Å². The number of hydrogen-bond donors (Lipinski definition) is 0. The first kappa shape index (κ1) is 15.3. The molecule has 0 amide bonds. The fourth-order valence-electron chi connectivity index (χ4n) is 3.36. The first-order chi connectivity index (χ1) is 10.1. The summed E-state index contributed by atoms with van der Waals surface area (Å²) in [6.45, 7) is 4.67. The molecule has 2 fully saturated rings. The van der Waals surface area contributed by atoms with Crippen molar-refractivity contribution in [2.45, 2.75) is 25.3 Å². The van der Waals surface area contributed by atoms with Crippen LogP contribution in [0, 0.1) is 0 Å². The van der Waals surface area contributed by atoms with E-state index in [4.69, 9.17) is 23.2 Å². The van der Waals surface area contributed by atoms with Crippen LogP contribution in [-0.4, -0.2) is 54.3 Å². The lowest BCUT2D eigenvalue weighted by atomic mass is 9.99. The molecule has 114 valence electrons. The zero-order chi connectivity index (χ0) is 14.8. The molecule has 3 nitrogen and oxygen atoms in total. The second-order valence-electron chi connectivity index (χ2n) is 5.97. The maximum atomic E-state index is 12.4. The van der Waals surface area contributed by atoms with Crippen molar-refractivity contribution in [2.24, 2.45) is 0 Å². The number of hydrogen-bond acceptors (Lipinski definition) is 3. The SMILES string of the molecule is O=C(CN1CCN2CCCCC2C1)c1cc(Cl)ccc1Cl. The number of rotatable bonds is 3. The van der Waals surface area contributed by atoms with Gasteiger partial charge in [-0.05, 0) is 37.6 Å². The minimum Gasteiger partial charge on any atom is -0.298 e. The zero-order valence-electron chi connectivity index (χ0n) is 12.0. The van der Waals surface area contributed by atoms with E-state index in [1.807, 2.05) is 0 Å². The molecule has 1 aromatic rings. The molecule has 0 radical (unpaired) electrons. The van der Waals surface area contributed by atoms with Crippen LogP contribution in [0.15, 0.2) is 18.2 Å². The second-order valence-corrected chi connectivity index (χ2v) is 6.81. The number of ketones is 1. The highest BCUT2D eigenvalue weighted by Crippen LogP contribution is 2.23. The normalized spacial score (nSPS) is 23.8. The zero-order valence-corrected chi connectivity index (χ0v) is 13.5. The number of carbonyl (C=O) groups excluding carboxylic acids is 1. The molecule has 2 saturated heterocycles. The van der Waals surface area contributed by atoms with Gasteiger partial charge in [0.05, 0.1) is 11.6 Å². The van der Waals surface area contributed by atoms with E-state index in [1.54, 1.807) is 18.2 Å². The van der Waals surface area contributed by atoms with E-state index in [-0.39, 0.29) is 5.78 Å². The molecular formula is C16H20Cl2N2O. The van der Waals surface area contributed by atoms with Crippen molar-refractivity contribution in [1.82, 2.24) is 9.80 Å². The molecule has 1 atom stereocenters. The Morgan fingerprint density at radius 2 is 2.05 bits per heavy atom. The highest BCUT2D eigenvalue weighted by molar-refractivity contribution is 6.36. The monoisotopic (exact) mass is 326 g/mol. The first-order valence-electron chi connectivity index (χ1n) is 7.58. The Morgan fingerprint density at radius 1 is 1.19 bits per heavy atom. The van der Waals surface area contributed by atoms with Gasteiger partial charge in [0.25, 0.3) is 0 Å². The smallest absolute Gasteiger partial charge is 0.178 e.